The van der Waals surface area contributed by atoms with Crippen LogP contribution in [0.1, 0.15) is 31.0 Å². The Kier molecular flexibility index (Phi) is 7.01. The normalized spacial score (nSPS) is 10.9. The maximum Gasteiger partial charge on any atom is 0.352 e. The van der Waals surface area contributed by atoms with Crippen molar-refractivity contribution in [1.82, 2.24) is 14.8 Å². The third-order valence-electron chi connectivity index (χ3n) is 5.11. The first-order valence-electron chi connectivity index (χ1n) is 10.2. The summed E-state index contributed by atoms with van der Waals surface area (Å²) in [7, 11) is 2.98. The quantitative estimate of drug-likeness (QED) is 0.331. The van der Waals surface area contributed by atoms with Crippen LogP contribution in [0.4, 0.5) is 10.5 Å². The van der Waals surface area contributed by atoms with Crippen LogP contribution in [-0.2, 0) is 6.61 Å². The summed E-state index contributed by atoms with van der Waals surface area (Å²) in [6.07, 6.45) is 3.89. The summed E-state index contributed by atoms with van der Waals surface area (Å²) >= 11 is 0. The number of aryl methyl sites for hydroxylation is 1. The predicted octanol–water partition coefficient (Wildman–Crippen LogP) is 3.63. The van der Waals surface area contributed by atoms with Gasteiger partial charge in [-0.05, 0) is 56.2 Å². The van der Waals surface area contributed by atoms with Gasteiger partial charge in [-0.3, -0.25) is 9.69 Å². The van der Waals surface area contributed by atoms with Crippen LogP contribution in [0.3, 0.4) is 0 Å². The first-order chi connectivity index (χ1) is 15.2. The molecule has 3 aromatic rings. The zero-order valence-corrected chi connectivity index (χ0v) is 19.1. The van der Waals surface area contributed by atoms with Crippen molar-refractivity contribution in [3.63, 3.8) is 0 Å². The minimum absolute atomic E-state index is 0.153. The molecule has 2 amide bonds. The highest BCUT2D eigenvalue weighted by Gasteiger charge is 2.21. The highest BCUT2D eigenvalue weighted by Crippen LogP contribution is 2.32. The fourth-order valence-corrected chi connectivity index (χ4v) is 3.30. The summed E-state index contributed by atoms with van der Waals surface area (Å²) in [5.41, 5.74) is 4.16. The van der Waals surface area contributed by atoms with Crippen LogP contribution < -0.4 is 26.2 Å². The average molecular weight is 439 g/mol. The van der Waals surface area contributed by atoms with E-state index in [1.807, 2.05) is 36.1 Å². The van der Waals surface area contributed by atoms with Crippen LogP contribution in [0, 0.1) is 6.92 Å². The van der Waals surface area contributed by atoms with Crippen molar-refractivity contribution in [2.45, 2.75) is 33.4 Å². The van der Waals surface area contributed by atoms with E-state index in [1.165, 1.54) is 7.05 Å². The Morgan fingerprint density at radius 1 is 1.16 bits per heavy atom. The molecule has 0 fully saturated rings. The van der Waals surface area contributed by atoms with Crippen LogP contribution >= 0.6 is 0 Å². The third-order valence-corrected chi connectivity index (χ3v) is 5.11. The number of urea groups is 1. The van der Waals surface area contributed by atoms with Gasteiger partial charge in [-0.25, -0.2) is 21.5 Å². The van der Waals surface area contributed by atoms with Gasteiger partial charge < -0.3 is 9.47 Å². The molecule has 1 aromatic heterocycles. The molecule has 3 rings (SSSR count). The molecule has 32 heavy (non-hydrogen) atoms. The molecule has 1 heterocycles. The second kappa shape index (κ2) is 9.71. The molecule has 0 saturated carbocycles. The number of rotatable bonds is 7. The molecule has 0 aliphatic rings. The van der Waals surface area contributed by atoms with Crippen molar-refractivity contribution in [3.8, 4) is 22.6 Å². The second-order valence-corrected chi connectivity index (χ2v) is 7.79. The summed E-state index contributed by atoms with van der Waals surface area (Å²) in [6, 6.07) is 11.0. The lowest BCUT2D eigenvalue weighted by Crippen LogP contribution is -2.49. The molecule has 0 radical (unpaired) electrons. The third kappa shape index (κ3) is 4.84. The largest absolute Gasteiger partial charge is 0.496 e. The summed E-state index contributed by atoms with van der Waals surface area (Å²) < 4.78 is 13.5. The van der Waals surface area contributed by atoms with E-state index in [4.69, 9.17) is 21.2 Å². The number of ether oxygens (including phenoxy) is 2. The Balaban J connectivity index is 1.84. The Morgan fingerprint density at radius 2 is 1.91 bits per heavy atom. The number of methoxy groups -OCH3 is 1. The summed E-state index contributed by atoms with van der Waals surface area (Å²) in [5, 5.41) is 6.29. The maximum absolute atomic E-state index is 12.3. The SMILES string of the molecule is COc1cccc(N(N)C(=O)N(C)N)c1COc1ccc(-c2cnn(C(C)C)c2)cc1C. The minimum Gasteiger partial charge on any atom is -0.496 e. The van der Waals surface area contributed by atoms with E-state index >= 15 is 0 Å². The highest BCUT2D eigenvalue weighted by atomic mass is 16.5. The van der Waals surface area contributed by atoms with E-state index in [-0.39, 0.29) is 6.61 Å². The van der Waals surface area contributed by atoms with E-state index in [1.54, 1.807) is 25.3 Å². The number of hydrazine groups is 2. The van der Waals surface area contributed by atoms with Crippen molar-refractivity contribution in [2.75, 3.05) is 19.2 Å². The van der Waals surface area contributed by atoms with Gasteiger partial charge in [0.05, 0.1) is 24.6 Å². The number of aromatic nitrogens is 2. The molecule has 0 saturated heterocycles. The summed E-state index contributed by atoms with van der Waals surface area (Å²) in [6.45, 7) is 6.32. The number of carbonyl (C=O) groups is 1. The lowest BCUT2D eigenvalue weighted by Gasteiger charge is -2.24. The van der Waals surface area contributed by atoms with E-state index in [0.29, 0.717) is 28.8 Å². The van der Waals surface area contributed by atoms with E-state index in [2.05, 4.69) is 25.0 Å². The molecular formula is C23H30N6O3. The zero-order chi connectivity index (χ0) is 23.4. The molecule has 4 N–H and O–H groups in total. The lowest BCUT2D eigenvalue weighted by atomic mass is 10.1. The first-order valence-corrected chi connectivity index (χ1v) is 10.2. The molecule has 0 aliphatic heterocycles. The van der Waals surface area contributed by atoms with E-state index in [0.717, 1.165) is 26.7 Å². The van der Waals surface area contributed by atoms with Crippen molar-refractivity contribution in [1.29, 1.82) is 0 Å². The fraction of sp³-hybridized carbons (Fsp3) is 0.304. The average Bonchev–Trinajstić information content (AvgIpc) is 3.27. The molecule has 0 spiro atoms. The number of amides is 2. The Hall–Kier alpha value is -3.56. The minimum atomic E-state index is -0.568. The molecule has 0 atom stereocenters. The molecule has 0 bridgehead atoms. The van der Waals surface area contributed by atoms with Crippen LogP contribution in [0.5, 0.6) is 11.5 Å². The van der Waals surface area contributed by atoms with Crippen molar-refractivity contribution >= 4 is 11.7 Å². The van der Waals surface area contributed by atoms with Gasteiger partial charge in [-0.1, -0.05) is 12.1 Å². The van der Waals surface area contributed by atoms with E-state index < -0.39 is 6.03 Å². The zero-order valence-electron chi connectivity index (χ0n) is 19.1. The van der Waals surface area contributed by atoms with Crippen LogP contribution in [0.25, 0.3) is 11.1 Å². The Morgan fingerprint density at radius 3 is 2.50 bits per heavy atom. The number of hydrogen-bond donors (Lipinski definition) is 2. The Labute approximate surface area is 188 Å². The van der Waals surface area contributed by atoms with Gasteiger partial charge in [0.1, 0.15) is 18.1 Å². The molecule has 0 aliphatic carbocycles. The van der Waals surface area contributed by atoms with Crippen molar-refractivity contribution in [3.05, 3.63) is 59.9 Å². The molecular weight excluding hydrogens is 408 g/mol. The lowest BCUT2D eigenvalue weighted by molar-refractivity contribution is 0.216. The van der Waals surface area contributed by atoms with Crippen molar-refractivity contribution < 1.29 is 14.3 Å². The fourth-order valence-electron chi connectivity index (χ4n) is 3.30. The van der Waals surface area contributed by atoms with E-state index in [9.17, 15) is 4.79 Å². The number of hydrogen-bond acceptors (Lipinski definition) is 6. The molecule has 2 aromatic carbocycles. The van der Waals surface area contributed by atoms with Gasteiger partial charge in [-0.15, -0.1) is 0 Å². The first kappa shape index (κ1) is 23.1. The highest BCUT2D eigenvalue weighted by molar-refractivity contribution is 5.91. The second-order valence-electron chi connectivity index (χ2n) is 7.79. The van der Waals surface area contributed by atoms with Gasteiger partial charge in [0, 0.05) is 24.8 Å². The van der Waals surface area contributed by atoms with Crippen LogP contribution in [0.2, 0.25) is 0 Å². The van der Waals surface area contributed by atoms with Crippen LogP contribution in [-0.4, -0.2) is 35.0 Å². The summed E-state index contributed by atoms with van der Waals surface area (Å²) in [5.74, 6) is 12.8. The number of nitrogens with two attached hydrogens (primary N) is 2. The molecule has 0 unspecified atom stereocenters. The van der Waals surface area contributed by atoms with Gasteiger partial charge in [-0.2, -0.15) is 5.10 Å². The van der Waals surface area contributed by atoms with Crippen molar-refractivity contribution in [2.24, 2.45) is 11.7 Å². The monoisotopic (exact) mass is 438 g/mol. The predicted molar refractivity (Wildman–Crippen MR) is 124 cm³/mol. The van der Waals surface area contributed by atoms with Crippen LogP contribution in [0.15, 0.2) is 48.8 Å². The van der Waals surface area contributed by atoms with Gasteiger partial charge >= 0.3 is 6.03 Å². The molecule has 9 nitrogen and oxygen atoms in total. The number of benzene rings is 2. The van der Waals surface area contributed by atoms with Gasteiger partial charge in [0.15, 0.2) is 0 Å². The maximum atomic E-state index is 12.3. The smallest absolute Gasteiger partial charge is 0.352 e. The number of nitrogens with zero attached hydrogens (tertiary/aromatic N) is 4. The molecule has 9 heteroatoms. The molecule has 170 valence electrons. The number of carbonyl (C=O) groups excluding carboxylic acids is 1. The summed E-state index contributed by atoms with van der Waals surface area (Å²) in [4.78, 5) is 12.3. The standard InChI is InChI=1S/C23H30N6O3/c1-15(2)28-13-18(12-26-28)17-9-10-21(16(3)11-17)32-14-19-20(7-6-8-22(19)31-5)29(25)23(30)27(4)24/h6-13,15H,14,24-25H2,1-5H3. The number of anilines is 1. The van der Waals surface area contributed by atoms with Gasteiger partial charge in [0.2, 0.25) is 0 Å². The Bertz CT molecular complexity index is 1090. The van der Waals surface area contributed by atoms with Gasteiger partial charge in [0.25, 0.3) is 0 Å². The topological polar surface area (TPSA) is 112 Å².